The highest BCUT2D eigenvalue weighted by atomic mass is 16.5. The minimum Gasteiger partial charge on any atom is -0.497 e. The standard InChI is InChI=1S/C26H30N2O4/c1-32-20-10-5-7-18(17-20)13-14-24(29)27-23-12-6-11-22-21(23)15-16-28(26(22)31)25(30)19-8-3-2-4-9-19/h5-7,10-12,15-17,19,25,30H,2-4,8-9,13-14H2,1H3,(H,27,29). The summed E-state index contributed by atoms with van der Waals surface area (Å²) in [5, 5.41) is 14.9. The number of fused-ring (bicyclic) bond motifs is 1. The molecular weight excluding hydrogens is 404 g/mol. The van der Waals surface area contributed by atoms with E-state index >= 15 is 0 Å². The molecule has 1 atom stereocenters. The van der Waals surface area contributed by atoms with Gasteiger partial charge in [0.05, 0.1) is 7.11 Å². The van der Waals surface area contributed by atoms with E-state index in [1.165, 1.54) is 11.0 Å². The van der Waals surface area contributed by atoms with Crippen LogP contribution in [-0.4, -0.2) is 22.7 Å². The number of rotatable bonds is 7. The molecule has 2 N–H and O–H groups in total. The zero-order chi connectivity index (χ0) is 22.5. The molecule has 2 aromatic carbocycles. The van der Waals surface area contributed by atoms with Gasteiger partial charge >= 0.3 is 0 Å². The van der Waals surface area contributed by atoms with Crippen molar-refractivity contribution in [2.75, 3.05) is 12.4 Å². The van der Waals surface area contributed by atoms with Crippen molar-refractivity contribution in [3.8, 4) is 5.75 Å². The fourth-order valence-corrected chi connectivity index (χ4v) is 4.57. The maximum atomic E-state index is 13.1. The van der Waals surface area contributed by atoms with E-state index in [-0.39, 0.29) is 17.4 Å². The Morgan fingerprint density at radius 2 is 1.91 bits per heavy atom. The van der Waals surface area contributed by atoms with Crippen LogP contribution in [-0.2, 0) is 11.2 Å². The van der Waals surface area contributed by atoms with Crippen molar-refractivity contribution < 1.29 is 14.6 Å². The van der Waals surface area contributed by atoms with E-state index in [1.807, 2.05) is 24.3 Å². The van der Waals surface area contributed by atoms with Gasteiger partial charge < -0.3 is 15.2 Å². The van der Waals surface area contributed by atoms with Crippen LogP contribution >= 0.6 is 0 Å². The third-order valence-electron chi connectivity index (χ3n) is 6.38. The second-order valence-corrected chi connectivity index (χ2v) is 8.51. The average molecular weight is 435 g/mol. The summed E-state index contributed by atoms with van der Waals surface area (Å²) in [5.41, 5.74) is 1.40. The van der Waals surface area contributed by atoms with Crippen LogP contribution < -0.4 is 15.6 Å². The van der Waals surface area contributed by atoms with Crippen molar-refractivity contribution in [2.24, 2.45) is 5.92 Å². The Kier molecular flexibility index (Phi) is 6.90. The Morgan fingerprint density at radius 1 is 1.12 bits per heavy atom. The van der Waals surface area contributed by atoms with Crippen LogP contribution in [0.25, 0.3) is 10.8 Å². The molecule has 6 nitrogen and oxygen atoms in total. The largest absolute Gasteiger partial charge is 0.497 e. The number of nitrogens with one attached hydrogen (secondary N) is 1. The van der Waals surface area contributed by atoms with E-state index in [4.69, 9.17) is 4.74 Å². The van der Waals surface area contributed by atoms with Gasteiger partial charge in [-0.05, 0) is 55.2 Å². The zero-order valence-electron chi connectivity index (χ0n) is 18.4. The molecule has 1 aromatic heterocycles. The third-order valence-corrected chi connectivity index (χ3v) is 6.38. The molecule has 6 heteroatoms. The Labute approximate surface area is 187 Å². The maximum Gasteiger partial charge on any atom is 0.260 e. The molecule has 4 rings (SSSR count). The molecule has 1 aliphatic carbocycles. The number of hydrogen-bond donors (Lipinski definition) is 2. The monoisotopic (exact) mass is 434 g/mol. The van der Waals surface area contributed by atoms with Crippen LogP contribution in [0.2, 0.25) is 0 Å². The van der Waals surface area contributed by atoms with Gasteiger partial charge in [0.2, 0.25) is 5.91 Å². The third kappa shape index (κ3) is 4.86. The maximum absolute atomic E-state index is 13.1. The van der Waals surface area contributed by atoms with Crippen LogP contribution in [0.3, 0.4) is 0 Å². The molecular formula is C26H30N2O4. The predicted molar refractivity (Wildman–Crippen MR) is 126 cm³/mol. The molecule has 3 aromatic rings. The van der Waals surface area contributed by atoms with Gasteiger partial charge in [0.25, 0.3) is 5.56 Å². The van der Waals surface area contributed by atoms with Crippen LogP contribution in [0.15, 0.2) is 59.5 Å². The number of aromatic nitrogens is 1. The number of benzene rings is 2. The number of amides is 1. The molecule has 1 aliphatic rings. The second-order valence-electron chi connectivity index (χ2n) is 8.51. The summed E-state index contributed by atoms with van der Waals surface area (Å²) in [6.07, 6.45) is 7.01. The molecule has 0 aliphatic heterocycles. The molecule has 0 bridgehead atoms. The summed E-state index contributed by atoms with van der Waals surface area (Å²) in [4.78, 5) is 25.7. The van der Waals surface area contributed by atoms with Crippen LogP contribution in [0.1, 0.15) is 50.3 Å². The summed E-state index contributed by atoms with van der Waals surface area (Å²) in [5.74, 6) is 0.758. The predicted octanol–water partition coefficient (Wildman–Crippen LogP) is 4.65. The average Bonchev–Trinajstić information content (AvgIpc) is 2.84. The lowest BCUT2D eigenvalue weighted by molar-refractivity contribution is -0.116. The normalized spacial score (nSPS) is 15.4. The number of nitrogens with zero attached hydrogens (tertiary/aromatic N) is 1. The quantitative estimate of drug-likeness (QED) is 0.567. The smallest absolute Gasteiger partial charge is 0.260 e. The zero-order valence-corrected chi connectivity index (χ0v) is 18.4. The topological polar surface area (TPSA) is 80.6 Å². The van der Waals surface area contributed by atoms with E-state index in [9.17, 15) is 14.7 Å². The van der Waals surface area contributed by atoms with E-state index < -0.39 is 6.23 Å². The molecule has 1 heterocycles. The highest BCUT2D eigenvalue weighted by molar-refractivity contribution is 6.01. The summed E-state index contributed by atoms with van der Waals surface area (Å²) in [6, 6.07) is 14.8. The van der Waals surface area contributed by atoms with Gasteiger partial charge in [-0.25, -0.2) is 0 Å². The fourth-order valence-electron chi connectivity index (χ4n) is 4.57. The second kappa shape index (κ2) is 10.0. The Balaban J connectivity index is 1.50. The Bertz CT molecular complexity index is 1150. The van der Waals surface area contributed by atoms with E-state index in [2.05, 4.69) is 5.32 Å². The van der Waals surface area contributed by atoms with Crippen LogP contribution in [0, 0.1) is 5.92 Å². The lowest BCUT2D eigenvalue weighted by Crippen LogP contribution is -2.30. The lowest BCUT2D eigenvalue weighted by atomic mass is 9.88. The fraction of sp³-hybridized carbons (Fsp3) is 0.385. The van der Waals surface area contributed by atoms with E-state index in [0.717, 1.165) is 37.0 Å². The number of anilines is 1. The van der Waals surface area contributed by atoms with E-state index in [1.54, 1.807) is 37.6 Å². The Hall–Kier alpha value is -3.12. The summed E-state index contributed by atoms with van der Waals surface area (Å²) < 4.78 is 6.67. The summed E-state index contributed by atoms with van der Waals surface area (Å²) in [7, 11) is 1.62. The van der Waals surface area contributed by atoms with Gasteiger partial charge in [0.15, 0.2) is 0 Å². The number of carbonyl (C=O) groups is 1. The molecule has 1 amide bonds. The van der Waals surface area contributed by atoms with Gasteiger partial charge in [0, 0.05) is 35.0 Å². The number of pyridine rings is 1. The van der Waals surface area contributed by atoms with Gasteiger partial charge in [-0.3, -0.25) is 14.2 Å². The number of hydrogen-bond acceptors (Lipinski definition) is 4. The molecule has 0 saturated heterocycles. The molecule has 168 valence electrons. The number of ether oxygens (including phenoxy) is 1. The first-order valence-corrected chi connectivity index (χ1v) is 11.3. The summed E-state index contributed by atoms with van der Waals surface area (Å²) in [6.45, 7) is 0. The van der Waals surface area contributed by atoms with Crippen molar-refractivity contribution in [3.63, 3.8) is 0 Å². The first-order chi connectivity index (χ1) is 15.6. The SMILES string of the molecule is COc1cccc(CCC(=O)Nc2cccc3c(=O)n(C(O)C4CCCCC4)ccc23)c1. The first kappa shape index (κ1) is 22.1. The van der Waals surface area contributed by atoms with Crippen LogP contribution in [0.4, 0.5) is 5.69 Å². The number of aliphatic hydroxyl groups excluding tert-OH is 1. The van der Waals surface area contributed by atoms with Crippen molar-refractivity contribution in [1.82, 2.24) is 4.57 Å². The molecule has 32 heavy (non-hydrogen) atoms. The Morgan fingerprint density at radius 3 is 2.69 bits per heavy atom. The molecule has 0 spiro atoms. The van der Waals surface area contributed by atoms with Gasteiger partial charge in [-0.2, -0.15) is 0 Å². The van der Waals surface area contributed by atoms with Gasteiger partial charge in [-0.15, -0.1) is 0 Å². The number of carbonyl (C=O) groups excluding carboxylic acids is 1. The molecule has 1 saturated carbocycles. The van der Waals surface area contributed by atoms with Crippen molar-refractivity contribution in [1.29, 1.82) is 0 Å². The molecule has 0 radical (unpaired) electrons. The number of aryl methyl sites for hydroxylation is 1. The van der Waals surface area contributed by atoms with E-state index in [0.29, 0.717) is 29.3 Å². The minimum absolute atomic E-state index is 0.110. The number of methoxy groups -OCH3 is 1. The first-order valence-electron chi connectivity index (χ1n) is 11.3. The van der Waals surface area contributed by atoms with Crippen molar-refractivity contribution >= 4 is 22.4 Å². The van der Waals surface area contributed by atoms with Crippen molar-refractivity contribution in [3.05, 3.63) is 70.6 Å². The lowest BCUT2D eigenvalue weighted by Gasteiger charge is -2.28. The van der Waals surface area contributed by atoms with Crippen molar-refractivity contribution in [2.45, 2.75) is 51.2 Å². The molecule has 1 unspecified atom stereocenters. The molecule has 1 fully saturated rings. The summed E-state index contributed by atoms with van der Waals surface area (Å²) >= 11 is 0. The highest BCUT2D eigenvalue weighted by Crippen LogP contribution is 2.31. The highest BCUT2D eigenvalue weighted by Gasteiger charge is 2.24. The minimum atomic E-state index is -0.812. The van der Waals surface area contributed by atoms with Gasteiger partial charge in [0.1, 0.15) is 12.0 Å². The van der Waals surface area contributed by atoms with Crippen LogP contribution in [0.5, 0.6) is 5.75 Å². The van der Waals surface area contributed by atoms with Gasteiger partial charge in [-0.1, -0.05) is 37.5 Å². The number of aliphatic hydroxyl groups is 1.